The molecule has 0 bridgehead atoms. The number of carbonyl (C=O) groups is 2. The normalized spacial score (nSPS) is 15.2. The van der Waals surface area contributed by atoms with E-state index in [0.717, 1.165) is 27.3 Å². The van der Waals surface area contributed by atoms with Crippen LogP contribution in [0.3, 0.4) is 0 Å². The van der Waals surface area contributed by atoms with Gasteiger partial charge in [-0.2, -0.15) is 10.4 Å². The second kappa shape index (κ2) is 9.92. The van der Waals surface area contributed by atoms with Crippen LogP contribution in [0.1, 0.15) is 23.6 Å². The average molecular weight is 467 g/mol. The number of hydrogen-bond acceptors (Lipinski definition) is 5. The number of para-hydroxylation sites is 1. The van der Waals surface area contributed by atoms with Crippen LogP contribution in [0.2, 0.25) is 0 Å². The van der Waals surface area contributed by atoms with Crippen molar-refractivity contribution in [1.29, 1.82) is 5.26 Å². The summed E-state index contributed by atoms with van der Waals surface area (Å²) in [7, 11) is 1.50. The van der Waals surface area contributed by atoms with E-state index >= 15 is 0 Å². The Kier molecular flexibility index (Phi) is 6.76. The third-order valence-corrected chi connectivity index (χ3v) is 6.06. The highest BCUT2D eigenvalue weighted by atomic mass is 16.5. The maximum atomic E-state index is 13.4. The van der Waals surface area contributed by atoms with Crippen molar-refractivity contribution >= 4 is 17.9 Å². The summed E-state index contributed by atoms with van der Waals surface area (Å²) in [5, 5.41) is 14.5. The maximum Gasteiger partial charge on any atom is 0.271 e. The van der Waals surface area contributed by atoms with Crippen molar-refractivity contribution in [3.63, 3.8) is 0 Å². The number of rotatable bonds is 6. The average Bonchev–Trinajstić information content (AvgIpc) is 3.28. The van der Waals surface area contributed by atoms with Crippen LogP contribution in [-0.4, -0.2) is 46.8 Å². The highest BCUT2D eigenvalue weighted by molar-refractivity contribution is 6.19. The van der Waals surface area contributed by atoms with Gasteiger partial charge >= 0.3 is 0 Å². The van der Waals surface area contributed by atoms with Crippen molar-refractivity contribution in [3.8, 4) is 23.0 Å². The van der Waals surface area contributed by atoms with Gasteiger partial charge in [-0.3, -0.25) is 14.5 Å². The van der Waals surface area contributed by atoms with Crippen molar-refractivity contribution in [2.45, 2.75) is 20.8 Å². The summed E-state index contributed by atoms with van der Waals surface area (Å²) in [6, 6.07) is 17.8. The SMILES string of the molecule is COCCN1C(=O)C(C#N)=C(C)/C(=C\c2cn(-c3ccccc3)nc2-c2cc(C)ccc2C)C1=O. The summed E-state index contributed by atoms with van der Waals surface area (Å²) in [5.74, 6) is -1.05. The van der Waals surface area contributed by atoms with Gasteiger partial charge in [0.1, 0.15) is 17.3 Å². The van der Waals surface area contributed by atoms with Crippen molar-refractivity contribution in [1.82, 2.24) is 14.7 Å². The second-order valence-electron chi connectivity index (χ2n) is 8.46. The molecule has 2 amide bonds. The molecule has 0 spiro atoms. The van der Waals surface area contributed by atoms with Gasteiger partial charge in [-0.25, -0.2) is 4.68 Å². The first-order valence-corrected chi connectivity index (χ1v) is 11.3. The Hall–Kier alpha value is -4.28. The van der Waals surface area contributed by atoms with Crippen LogP contribution in [0.25, 0.3) is 23.0 Å². The smallest absolute Gasteiger partial charge is 0.271 e. The van der Waals surface area contributed by atoms with E-state index in [2.05, 4.69) is 6.07 Å². The highest BCUT2D eigenvalue weighted by Gasteiger charge is 2.35. The molecule has 0 radical (unpaired) electrons. The standard InChI is InChI=1S/C28H26N4O3/c1-18-10-11-19(2)23(14-18)26-21(17-32(30-26)22-8-6-5-7-9-22)15-24-20(3)25(16-29)28(34)31(27(24)33)12-13-35-4/h5-11,14-15,17H,12-13H2,1-4H3/b24-15+. The number of hydrogen-bond donors (Lipinski definition) is 0. The molecular weight excluding hydrogens is 440 g/mol. The van der Waals surface area contributed by atoms with Gasteiger partial charge in [0.2, 0.25) is 0 Å². The van der Waals surface area contributed by atoms with E-state index in [-0.39, 0.29) is 24.3 Å². The van der Waals surface area contributed by atoms with Gasteiger partial charge in [0.15, 0.2) is 0 Å². The van der Waals surface area contributed by atoms with E-state index in [1.165, 1.54) is 7.11 Å². The quantitative estimate of drug-likeness (QED) is 0.397. The largest absolute Gasteiger partial charge is 0.383 e. The zero-order valence-corrected chi connectivity index (χ0v) is 20.2. The Morgan fingerprint density at radius 3 is 2.49 bits per heavy atom. The third kappa shape index (κ3) is 4.57. The second-order valence-corrected chi connectivity index (χ2v) is 8.46. The molecule has 0 fully saturated rings. The summed E-state index contributed by atoms with van der Waals surface area (Å²) in [4.78, 5) is 27.2. The highest BCUT2D eigenvalue weighted by Crippen LogP contribution is 2.32. The van der Waals surface area contributed by atoms with E-state index in [1.54, 1.807) is 17.7 Å². The molecule has 0 N–H and O–H groups in total. The number of methoxy groups -OCH3 is 1. The molecule has 4 rings (SSSR count). The lowest BCUT2D eigenvalue weighted by Gasteiger charge is -2.27. The Morgan fingerprint density at radius 2 is 1.80 bits per heavy atom. The Balaban J connectivity index is 1.93. The number of nitriles is 1. The Labute approximate surface area is 204 Å². The van der Waals surface area contributed by atoms with Gasteiger partial charge in [-0.1, -0.05) is 35.9 Å². The number of imide groups is 1. The van der Waals surface area contributed by atoms with Crippen molar-refractivity contribution in [3.05, 3.63) is 88.1 Å². The van der Waals surface area contributed by atoms with Gasteiger partial charge in [0.05, 0.1) is 18.8 Å². The lowest BCUT2D eigenvalue weighted by molar-refractivity contribution is -0.141. The predicted octanol–water partition coefficient (Wildman–Crippen LogP) is 4.39. The topological polar surface area (TPSA) is 88.2 Å². The molecule has 176 valence electrons. The van der Waals surface area contributed by atoms with Gasteiger partial charge in [0, 0.05) is 30.0 Å². The Bertz CT molecular complexity index is 1410. The van der Waals surface area contributed by atoms with Crippen LogP contribution in [0.4, 0.5) is 0 Å². The molecule has 1 aliphatic rings. The molecule has 2 heterocycles. The van der Waals surface area contributed by atoms with Crippen molar-refractivity contribution < 1.29 is 14.3 Å². The minimum atomic E-state index is -0.598. The summed E-state index contributed by atoms with van der Waals surface area (Å²) >= 11 is 0. The number of carbonyl (C=O) groups excluding carboxylic acids is 2. The lowest BCUT2D eigenvalue weighted by atomic mass is 9.92. The molecule has 1 aromatic heterocycles. The summed E-state index contributed by atoms with van der Waals surface area (Å²) in [5.41, 5.74) is 5.98. The Morgan fingerprint density at radius 1 is 1.06 bits per heavy atom. The van der Waals surface area contributed by atoms with Gasteiger partial charge in [0.25, 0.3) is 11.8 Å². The van der Waals surface area contributed by atoms with Crippen LogP contribution in [0.5, 0.6) is 0 Å². The molecular formula is C28H26N4O3. The van der Waals surface area contributed by atoms with E-state index in [0.29, 0.717) is 16.8 Å². The fourth-order valence-corrected chi connectivity index (χ4v) is 4.08. The summed E-state index contributed by atoms with van der Waals surface area (Å²) in [6.45, 7) is 5.92. The van der Waals surface area contributed by atoms with Gasteiger partial charge in [-0.15, -0.1) is 0 Å². The monoisotopic (exact) mass is 466 g/mol. The van der Waals surface area contributed by atoms with Crippen molar-refractivity contribution in [2.75, 3.05) is 20.3 Å². The number of aromatic nitrogens is 2. The minimum absolute atomic E-state index is 0.0457. The maximum absolute atomic E-state index is 13.4. The zero-order chi connectivity index (χ0) is 25.1. The number of benzene rings is 2. The van der Waals surface area contributed by atoms with E-state index in [9.17, 15) is 14.9 Å². The van der Waals surface area contributed by atoms with E-state index < -0.39 is 11.8 Å². The van der Waals surface area contributed by atoms with Crippen LogP contribution in [0.15, 0.2) is 71.4 Å². The van der Waals surface area contributed by atoms with Gasteiger partial charge in [-0.05, 0) is 56.2 Å². The van der Waals surface area contributed by atoms with Crippen LogP contribution >= 0.6 is 0 Å². The summed E-state index contributed by atoms with van der Waals surface area (Å²) in [6.07, 6.45) is 3.59. The molecule has 35 heavy (non-hydrogen) atoms. The summed E-state index contributed by atoms with van der Waals surface area (Å²) < 4.78 is 6.84. The molecule has 3 aromatic rings. The van der Waals surface area contributed by atoms with E-state index in [4.69, 9.17) is 9.84 Å². The fraction of sp³-hybridized carbons (Fsp3) is 0.214. The minimum Gasteiger partial charge on any atom is -0.383 e. The van der Waals surface area contributed by atoms with E-state index in [1.807, 2.05) is 68.6 Å². The van der Waals surface area contributed by atoms with Gasteiger partial charge < -0.3 is 4.74 Å². The van der Waals surface area contributed by atoms with Crippen LogP contribution in [0, 0.1) is 25.2 Å². The molecule has 0 saturated heterocycles. The zero-order valence-electron chi connectivity index (χ0n) is 20.2. The molecule has 0 saturated carbocycles. The fourth-order valence-electron chi connectivity index (χ4n) is 4.08. The molecule has 0 atom stereocenters. The number of amides is 2. The first-order chi connectivity index (χ1) is 16.8. The number of nitrogens with zero attached hydrogens (tertiary/aromatic N) is 4. The van der Waals surface area contributed by atoms with Crippen LogP contribution in [-0.2, 0) is 14.3 Å². The van der Waals surface area contributed by atoms with Crippen LogP contribution < -0.4 is 0 Å². The molecule has 1 aliphatic heterocycles. The molecule has 7 nitrogen and oxygen atoms in total. The lowest BCUT2D eigenvalue weighted by Crippen LogP contribution is -2.44. The number of aryl methyl sites for hydroxylation is 2. The molecule has 0 unspecified atom stereocenters. The first kappa shape index (κ1) is 23.9. The van der Waals surface area contributed by atoms with Crippen molar-refractivity contribution in [2.24, 2.45) is 0 Å². The number of ether oxygens (including phenoxy) is 1. The third-order valence-electron chi connectivity index (χ3n) is 6.06. The first-order valence-electron chi connectivity index (χ1n) is 11.3. The molecule has 2 aromatic carbocycles. The molecule has 0 aliphatic carbocycles. The predicted molar refractivity (Wildman–Crippen MR) is 133 cm³/mol. The molecule has 7 heteroatoms.